The molecule has 0 unspecified atom stereocenters. The van der Waals surface area contributed by atoms with Gasteiger partial charge in [-0.05, 0) is 66.8 Å². The Balaban J connectivity index is 1.41. The van der Waals surface area contributed by atoms with Gasteiger partial charge in [0.1, 0.15) is 0 Å². The lowest BCUT2D eigenvalue weighted by Crippen LogP contribution is -2.49. The van der Waals surface area contributed by atoms with Crippen LogP contribution in [0.1, 0.15) is 20.7 Å². The van der Waals surface area contributed by atoms with Crippen LogP contribution in [0.4, 0.5) is 11.4 Å². The fourth-order valence-corrected chi connectivity index (χ4v) is 4.23. The number of halogens is 2. The van der Waals surface area contributed by atoms with E-state index in [-0.39, 0.29) is 16.9 Å². The summed E-state index contributed by atoms with van der Waals surface area (Å²) >= 11 is 17.5. The number of carbonyl (C=O) groups is 2. The summed E-state index contributed by atoms with van der Waals surface area (Å²) in [6.07, 6.45) is 0. The third kappa shape index (κ3) is 5.86. The molecule has 0 spiro atoms. The first-order chi connectivity index (χ1) is 16.4. The summed E-state index contributed by atoms with van der Waals surface area (Å²) in [7, 11) is 0. The highest BCUT2D eigenvalue weighted by atomic mass is 35.5. The molecule has 0 radical (unpaired) electrons. The van der Waals surface area contributed by atoms with Gasteiger partial charge in [-0.25, -0.2) is 0 Å². The molecule has 3 aromatic rings. The van der Waals surface area contributed by atoms with Crippen LogP contribution in [0.25, 0.3) is 0 Å². The van der Waals surface area contributed by atoms with Crippen molar-refractivity contribution in [3.63, 3.8) is 0 Å². The van der Waals surface area contributed by atoms with Crippen molar-refractivity contribution in [1.82, 2.24) is 10.2 Å². The lowest BCUT2D eigenvalue weighted by atomic mass is 10.1. The van der Waals surface area contributed by atoms with Crippen molar-refractivity contribution in [3.8, 4) is 0 Å². The van der Waals surface area contributed by atoms with Gasteiger partial charge in [-0.3, -0.25) is 14.9 Å². The fraction of sp³-hybridized carbons (Fsp3) is 0.160. The first kappa shape index (κ1) is 24.0. The van der Waals surface area contributed by atoms with E-state index in [2.05, 4.69) is 15.5 Å². The number of nitrogens with one attached hydrogen (secondary N) is 2. The molecule has 174 valence electrons. The molecule has 2 amide bonds. The Morgan fingerprint density at radius 1 is 0.794 bits per heavy atom. The summed E-state index contributed by atoms with van der Waals surface area (Å²) in [6, 6.07) is 21.3. The highest BCUT2D eigenvalue weighted by molar-refractivity contribution is 7.80. The van der Waals surface area contributed by atoms with E-state index in [0.29, 0.717) is 53.0 Å². The van der Waals surface area contributed by atoms with Crippen LogP contribution < -0.4 is 15.5 Å². The van der Waals surface area contributed by atoms with E-state index in [1.807, 2.05) is 41.3 Å². The Labute approximate surface area is 213 Å². The number of benzene rings is 3. The first-order valence-corrected chi connectivity index (χ1v) is 11.8. The van der Waals surface area contributed by atoms with Crippen molar-refractivity contribution in [1.29, 1.82) is 0 Å². The van der Waals surface area contributed by atoms with Crippen molar-refractivity contribution < 1.29 is 9.59 Å². The minimum absolute atomic E-state index is 0.0285. The molecule has 0 atom stereocenters. The predicted molar refractivity (Wildman–Crippen MR) is 141 cm³/mol. The van der Waals surface area contributed by atoms with E-state index < -0.39 is 0 Å². The molecule has 1 saturated heterocycles. The van der Waals surface area contributed by atoms with E-state index in [9.17, 15) is 9.59 Å². The number of anilines is 2. The lowest BCUT2D eigenvalue weighted by Gasteiger charge is -2.37. The van der Waals surface area contributed by atoms with Crippen LogP contribution in [0.5, 0.6) is 0 Å². The average Bonchev–Trinajstić information content (AvgIpc) is 2.85. The normalized spacial score (nSPS) is 13.4. The molecule has 2 N–H and O–H groups in total. The zero-order chi connectivity index (χ0) is 24.1. The number of thiocarbonyl (C=S) groups is 1. The number of hydrogen-bond donors (Lipinski definition) is 2. The molecule has 34 heavy (non-hydrogen) atoms. The molecule has 0 aromatic heterocycles. The van der Waals surface area contributed by atoms with Gasteiger partial charge in [-0.15, -0.1) is 0 Å². The first-order valence-electron chi connectivity index (χ1n) is 10.7. The van der Waals surface area contributed by atoms with Crippen LogP contribution in [0, 0.1) is 0 Å². The molecule has 1 heterocycles. The van der Waals surface area contributed by atoms with Gasteiger partial charge in [-0.2, -0.15) is 0 Å². The molecular weight excluding hydrogens is 491 g/mol. The van der Waals surface area contributed by atoms with Crippen LogP contribution in [0.3, 0.4) is 0 Å². The molecule has 0 saturated carbocycles. The van der Waals surface area contributed by atoms with Crippen LogP contribution in [-0.4, -0.2) is 48.0 Å². The van der Waals surface area contributed by atoms with E-state index in [1.165, 1.54) is 0 Å². The highest BCUT2D eigenvalue weighted by Gasteiger charge is 2.24. The van der Waals surface area contributed by atoms with Gasteiger partial charge in [0.15, 0.2) is 5.11 Å². The third-order valence-electron chi connectivity index (χ3n) is 5.47. The summed E-state index contributed by atoms with van der Waals surface area (Å²) in [5.74, 6) is -0.313. The molecule has 3 aromatic carbocycles. The fourth-order valence-electron chi connectivity index (χ4n) is 3.73. The minimum atomic E-state index is -0.342. The van der Waals surface area contributed by atoms with Crippen LogP contribution >= 0.6 is 35.4 Å². The Bertz CT molecular complexity index is 1200. The Morgan fingerprint density at radius 3 is 2.12 bits per heavy atom. The summed E-state index contributed by atoms with van der Waals surface area (Å²) < 4.78 is 0. The van der Waals surface area contributed by atoms with E-state index >= 15 is 0 Å². The SMILES string of the molecule is O=C(NC(=S)Nc1cc(Cl)ccc1N1CCN(C(=O)c2ccccc2)CC1)c1ccc(Cl)cc1. The number of carbonyl (C=O) groups excluding carboxylic acids is 2. The van der Waals surface area contributed by atoms with Crippen molar-refractivity contribution in [2.24, 2.45) is 0 Å². The summed E-state index contributed by atoms with van der Waals surface area (Å²) in [5.41, 5.74) is 2.70. The summed E-state index contributed by atoms with van der Waals surface area (Å²) in [5, 5.41) is 7.00. The van der Waals surface area contributed by atoms with E-state index in [1.54, 1.807) is 36.4 Å². The van der Waals surface area contributed by atoms with Crippen molar-refractivity contribution in [2.75, 3.05) is 36.4 Å². The molecule has 9 heteroatoms. The molecule has 6 nitrogen and oxygen atoms in total. The van der Waals surface area contributed by atoms with Crippen LogP contribution in [0.15, 0.2) is 72.8 Å². The second kappa shape index (κ2) is 10.9. The molecule has 4 rings (SSSR count). The van der Waals surface area contributed by atoms with Crippen molar-refractivity contribution in [2.45, 2.75) is 0 Å². The van der Waals surface area contributed by atoms with Gasteiger partial charge in [-0.1, -0.05) is 41.4 Å². The monoisotopic (exact) mass is 512 g/mol. The summed E-state index contributed by atoms with van der Waals surface area (Å²) in [4.78, 5) is 29.2. The zero-order valence-electron chi connectivity index (χ0n) is 18.1. The van der Waals surface area contributed by atoms with Gasteiger partial charge in [0.05, 0.1) is 11.4 Å². The third-order valence-corrected chi connectivity index (χ3v) is 6.16. The van der Waals surface area contributed by atoms with Gasteiger partial charge >= 0.3 is 0 Å². The summed E-state index contributed by atoms with van der Waals surface area (Å²) in [6.45, 7) is 2.48. The van der Waals surface area contributed by atoms with Gasteiger partial charge in [0, 0.05) is 47.4 Å². The lowest BCUT2D eigenvalue weighted by molar-refractivity contribution is 0.0746. The highest BCUT2D eigenvalue weighted by Crippen LogP contribution is 2.30. The number of hydrogen-bond acceptors (Lipinski definition) is 4. The maximum atomic E-state index is 12.8. The smallest absolute Gasteiger partial charge is 0.257 e. The number of amides is 2. The van der Waals surface area contributed by atoms with E-state index in [4.69, 9.17) is 35.4 Å². The molecule has 1 fully saturated rings. The molecule has 0 aliphatic carbocycles. The van der Waals surface area contributed by atoms with Crippen molar-refractivity contribution >= 4 is 63.7 Å². The molecule has 0 bridgehead atoms. The quantitative estimate of drug-likeness (QED) is 0.477. The molecule has 1 aliphatic rings. The predicted octanol–water partition coefficient (Wildman–Crippen LogP) is 5.08. The average molecular weight is 513 g/mol. The van der Waals surface area contributed by atoms with Crippen molar-refractivity contribution in [3.05, 3.63) is 94.0 Å². The Kier molecular flexibility index (Phi) is 7.67. The minimum Gasteiger partial charge on any atom is -0.366 e. The van der Waals surface area contributed by atoms with Crippen LogP contribution in [0.2, 0.25) is 10.0 Å². The van der Waals surface area contributed by atoms with Gasteiger partial charge in [0.2, 0.25) is 0 Å². The maximum Gasteiger partial charge on any atom is 0.257 e. The van der Waals surface area contributed by atoms with E-state index in [0.717, 1.165) is 5.69 Å². The number of nitrogens with zero attached hydrogens (tertiary/aromatic N) is 2. The molecular formula is C25H22Cl2N4O2S. The van der Waals surface area contributed by atoms with Gasteiger partial charge in [0.25, 0.3) is 11.8 Å². The standard InChI is InChI=1S/C25H22Cl2N4O2S/c26-19-8-6-17(7-9-19)23(32)29-25(34)28-21-16-20(27)10-11-22(21)30-12-14-31(15-13-30)24(33)18-4-2-1-3-5-18/h1-11,16H,12-15H2,(H2,28,29,32,34). The molecule has 1 aliphatic heterocycles. The van der Waals surface area contributed by atoms with Gasteiger partial charge < -0.3 is 15.1 Å². The topological polar surface area (TPSA) is 64.7 Å². The largest absolute Gasteiger partial charge is 0.366 e. The van der Waals surface area contributed by atoms with Crippen LogP contribution in [-0.2, 0) is 0 Å². The maximum absolute atomic E-state index is 12.8. The second-order valence-corrected chi connectivity index (χ2v) is 9.00. The Morgan fingerprint density at radius 2 is 1.44 bits per heavy atom. The zero-order valence-corrected chi connectivity index (χ0v) is 20.5. The Hall–Kier alpha value is -3.13. The second-order valence-electron chi connectivity index (χ2n) is 7.72. The number of piperazine rings is 1. The number of rotatable bonds is 4.